The Bertz CT molecular complexity index is 5400. The largest absolute Gasteiger partial charge is 2.00 e. The van der Waals surface area contributed by atoms with Crippen LogP contribution >= 0.6 is 0 Å². The van der Waals surface area contributed by atoms with Gasteiger partial charge in [0.2, 0.25) is 0 Å². The second-order valence-electron chi connectivity index (χ2n) is 25.8. The third-order valence-electron chi connectivity index (χ3n) is 17.5. The van der Waals surface area contributed by atoms with Crippen LogP contribution in [-0.2, 0) is 124 Å². The summed E-state index contributed by atoms with van der Waals surface area (Å²) in [5, 5.41) is 41.7. The van der Waals surface area contributed by atoms with Crippen LogP contribution in [0.1, 0.15) is 47.2 Å². The molecule has 612 valence electrons. The summed E-state index contributed by atoms with van der Waals surface area (Å²) in [6.45, 7) is 4.31. The summed E-state index contributed by atoms with van der Waals surface area (Å²) in [6, 6.07) is 99.3. The van der Waals surface area contributed by atoms with Crippen LogP contribution < -0.4 is 9.47 Å². The van der Waals surface area contributed by atoms with E-state index in [9.17, 15) is 0 Å². The molecule has 10 heterocycles. The van der Waals surface area contributed by atoms with E-state index in [2.05, 4.69) is 180 Å². The summed E-state index contributed by atoms with van der Waals surface area (Å²) in [5.41, 5.74) is 14.6. The van der Waals surface area contributed by atoms with Crippen molar-refractivity contribution in [2.24, 2.45) is 0 Å². The van der Waals surface area contributed by atoms with E-state index in [0.29, 0.717) is 23.0 Å². The molecule has 20 aromatic rings. The van der Waals surface area contributed by atoms with Crippen molar-refractivity contribution in [1.82, 2.24) is 128 Å². The minimum Gasteiger partial charge on any atom is -0.509 e. The minimum absolute atomic E-state index is 0. The van der Waals surface area contributed by atoms with Crippen molar-refractivity contribution in [3.8, 4) is 79.9 Å². The van der Waals surface area contributed by atoms with Gasteiger partial charge in [-0.25, -0.2) is 58.0 Å². The van der Waals surface area contributed by atoms with Gasteiger partial charge in [0.15, 0.2) is 0 Å². The fraction of sp³-hybridized carbons (Fsp3) is 0.0562. The average Bonchev–Trinajstić information content (AvgIpc) is 1.15. The summed E-state index contributed by atoms with van der Waals surface area (Å²) < 4.78 is 28.8. The number of hydrogen-bond acceptors (Lipinski definition) is 18. The Hall–Kier alpha value is -13.1. The Labute approximate surface area is 773 Å². The maximum atomic E-state index is 5.86. The second kappa shape index (κ2) is 44.3. The predicted octanol–water partition coefficient (Wildman–Crippen LogP) is 13.7. The molecule has 28 nitrogen and oxygen atoms in total. The molecular formula is C89H64N26O2Pt5. The molecule has 0 saturated carbocycles. The Morgan fingerprint density at radius 1 is 0.230 bits per heavy atom. The fourth-order valence-corrected chi connectivity index (χ4v) is 11.8. The van der Waals surface area contributed by atoms with E-state index in [1.54, 1.807) is 100 Å². The van der Waals surface area contributed by atoms with Crippen LogP contribution in [0.15, 0.2) is 332 Å². The predicted molar refractivity (Wildman–Crippen MR) is 429 cm³/mol. The summed E-state index contributed by atoms with van der Waals surface area (Å²) in [5.74, 6) is 2.33. The smallest absolute Gasteiger partial charge is 0.509 e. The number of aromatic nitrogens is 26. The van der Waals surface area contributed by atoms with Gasteiger partial charge in [-0.3, -0.25) is 18.7 Å². The molecule has 10 aromatic carbocycles. The Morgan fingerprint density at radius 3 is 0.656 bits per heavy atom. The van der Waals surface area contributed by atoms with E-state index >= 15 is 0 Å². The number of benzene rings is 10. The maximum Gasteiger partial charge on any atom is 2.00 e. The second-order valence-corrected chi connectivity index (χ2v) is 25.8. The van der Waals surface area contributed by atoms with Crippen molar-refractivity contribution in [3.05, 3.63) is 426 Å². The van der Waals surface area contributed by atoms with Crippen molar-refractivity contribution >= 4 is 0 Å². The van der Waals surface area contributed by atoms with Crippen LogP contribution in [0.5, 0.6) is 23.0 Å². The molecule has 33 heteroatoms. The summed E-state index contributed by atoms with van der Waals surface area (Å²) in [6.07, 6.45) is 34.9. The molecule has 0 aliphatic carbocycles. The topological polar surface area (TPSA) is 274 Å². The van der Waals surface area contributed by atoms with Gasteiger partial charge in [0, 0.05) is 72.6 Å². The molecule has 0 fully saturated rings. The van der Waals surface area contributed by atoms with Crippen LogP contribution in [0.4, 0.5) is 0 Å². The molecule has 122 heavy (non-hydrogen) atoms. The van der Waals surface area contributed by atoms with Crippen molar-refractivity contribution in [3.63, 3.8) is 0 Å². The van der Waals surface area contributed by atoms with Crippen LogP contribution in [0, 0.1) is 60.7 Å². The molecule has 0 amide bonds. The van der Waals surface area contributed by atoms with Gasteiger partial charge < -0.3 is 9.47 Å². The molecule has 10 aromatic heterocycles. The standard InChI is InChI=1S/C19H16N6.C19H14N4.C18H12N4O.C17H12N6.C16H10N6O.5Pt/c1-19(2,15-5-3-7-17(9-15)24-13-20-11-22-24)16-6-4-8-18(10-16)25-14-21-12-23-25;1-5-16(14-18(7-1)22-11-3-9-20-22)13-17-6-2-8-19(15-17)23-12-4-10-21-23;1-5-15(21-11-3-9-19-21)13-17(7-1)23-18-8-2-6-16(14-18)22-12-4-10-20-22;1-3-14(8-16(5-1)22-12-18-10-20-22)7-15-4-2-6-17(9-15)23-13-19-11-21-23;1-3-13(21-11-17-9-19-21)7-15(5-1)23-16-6-2-4-14(8-16)22-12-18-10-20-22;;;;;/h3-8,11-14H,1-2H3;1-12H,13H2;1-12H;1-6,10-13H,7H2;1-6,9-12H;;;;;/q5*-2;5*+2. The molecule has 0 spiro atoms. The van der Waals surface area contributed by atoms with Crippen LogP contribution in [-0.4, -0.2) is 128 Å². The Kier molecular flexibility index (Phi) is 32.6. The first kappa shape index (κ1) is 89.7. The summed E-state index contributed by atoms with van der Waals surface area (Å²) in [7, 11) is 0. The molecule has 0 unspecified atom stereocenters. The first-order valence-corrected chi connectivity index (χ1v) is 36.3. The number of ether oxygens (including phenoxy) is 2. The van der Waals surface area contributed by atoms with E-state index in [0.717, 1.165) is 103 Å². The zero-order valence-corrected chi connectivity index (χ0v) is 75.5. The average molecular weight is 2510 g/mol. The summed E-state index contributed by atoms with van der Waals surface area (Å²) in [4.78, 5) is 23.8. The molecule has 0 bridgehead atoms. The summed E-state index contributed by atoms with van der Waals surface area (Å²) >= 11 is 0. The third kappa shape index (κ3) is 23.7. The first-order chi connectivity index (χ1) is 57.7. The SMILES string of the molecule is CC(C)(c1[c-]c(-n2cncn2)ccc1)c1[c-]c(-n2cncn2)ccc1.[Pt+2].[Pt+2].[Pt+2].[Pt+2].[Pt+2].[c-]1c(Cc2[c-]c(-n3cccn3)ccc2)cccc1-n1cccn1.[c-]1c(Cc2[c-]c(-n3cncn3)ccc2)cccc1-n1cncn1.[c-]1c(Oc2[c-]c(-n3cccn3)ccc2)cccc1-n1cccn1.[c-]1c(Oc2[c-]c(-n3cncn3)ccc2)cccc1-n1cncn1. The number of nitrogens with zero attached hydrogens (tertiary/aromatic N) is 26. The zero-order chi connectivity index (χ0) is 79.2. The van der Waals surface area contributed by atoms with Crippen molar-refractivity contribution in [1.29, 1.82) is 0 Å². The molecule has 0 aliphatic rings. The van der Waals surface area contributed by atoms with E-state index < -0.39 is 0 Å². The van der Waals surface area contributed by atoms with Gasteiger partial charge in [-0.1, -0.05) is 13.8 Å². The van der Waals surface area contributed by atoms with E-state index in [-0.39, 0.29) is 111 Å². The van der Waals surface area contributed by atoms with E-state index in [4.69, 9.17) is 9.47 Å². The number of rotatable bonds is 20. The molecule has 0 aliphatic heterocycles. The molecule has 0 atom stereocenters. The van der Waals surface area contributed by atoms with Gasteiger partial charge in [0.05, 0.1) is 0 Å². The molecule has 0 N–H and O–H groups in total. The molecular weight excluding hydrogens is 2440 g/mol. The normalized spacial score (nSPS) is 10.4. The van der Waals surface area contributed by atoms with Gasteiger partial charge in [-0.15, -0.1) is 109 Å². The van der Waals surface area contributed by atoms with Gasteiger partial charge in [-0.2, -0.15) is 218 Å². The van der Waals surface area contributed by atoms with Gasteiger partial charge in [0.25, 0.3) is 0 Å². The maximum absolute atomic E-state index is 5.86. The Balaban J connectivity index is 0.000000147. The Morgan fingerprint density at radius 2 is 0.434 bits per heavy atom. The van der Waals surface area contributed by atoms with Gasteiger partial charge in [-0.05, 0) is 99.4 Å². The van der Waals surface area contributed by atoms with Crippen molar-refractivity contribution in [2.75, 3.05) is 0 Å². The van der Waals surface area contributed by atoms with E-state index in [1.807, 2.05) is 216 Å². The zero-order valence-electron chi connectivity index (χ0n) is 64.1. The van der Waals surface area contributed by atoms with Gasteiger partial charge >= 0.3 is 105 Å². The van der Waals surface area contributed by atoms with Gasteiger partial charge in [0.1, 0.15) is 75.9 Å². The molecule has 20 rings (SSSR count). The van der Waals surface area contributed by atoms with Crippen molar-refractivity contribution < 1.29 is 115 Å². The monoisotopic (exact) mass is 2500 g/mol. The molecule has 0 saturated heterocycles. The van der Waals surface area contributed by atoms with Crippen molar-refractivity contribution in [2.45, 2.75) is 32.1 Å². The first-order valence-electron chi connectivity index (χ1n) is 36.3. The number of hydrogen-bond donors (Lipinski definition) is 0. The van der Waals surface area contributed by atoms with E-state index in [1.165, 1.54) is 38.0 Å². The fourth-order valence-electron chi connectivity index (χ4n) is 11.8. The van der Waals surface area contributed by atoms with Crippen LogP contribution in [0.25, 0.3) is 56.9 Å². The quantitative estimate of drug-likeness (QED) is 0.0641. The third-order valence-corrected chi connectivity index (χ3v) is 17.5. The van der Waals surface area contributed by atoms with Crippen LogP contribution in [0.3, 0.4) is 0 Å². The minimum atomic E-state index is -0.285. The van der Waals surface area contributed by atoms with Crippen LogP contribution in [0.2, 0.25) is 0 Å². The molecule has 0 radical (unpaired) electrons.